The average molecular weight is 534 g/mol. The number of esters is 1. The average Bonchev–Trinajstić information content (AvgIpc) is 3.00. The quantitative estimate of drug-likeness (QED) is 0.152. The molecule has 3 N–H and O–H groups in total. The lowest BCUT2D eigenvalue weighted by atomic mass is 9.75. The van der Waals surface area contributed by atoms with Crippen LogP contribution in [0.15, 0.2) is 115 Å². The molecule has 6 nitrogen and oxygen atoms in total. The number of hydrogen-bond donors (Lipinski definition) is 3. The Hall–Kier alpha value is -4.37. The van der Waals surface area contributed by atoms with E-state index in [0.717, 1.165) is 22.9 Å². The molecule has 0 fully saturated rings. The lowest BCUT2D eigenvalue weighted by molar-refractivity contribution is -0.143. The number of benzene rings is 4. The molecule has 0 saturated carbocycles. The van der Waals surface area contributed by atoms with Gasteiger partial charge in [0.05, 0.1) is 24.4 Å². The molecule has 5 aromatic rings. The van der Waals surface area contributed by atoms with Crippen molar-refractivity contribution in [1.82, 2.24) is 10.3 Å². The van der Waals surface area contributed by atoms with Crippen LogP contribution in [0, 0.1) is 5.82 Å². The summed E-state index contributed by atoms with van der Waals surface area (Å²) in [5.74, 6) is -1.08. The van der Waals surface area contributed by atoms with E-state index >= 15 is 0 Å². The maximum absolute atomic E-state index is 14.4. The van der Waals surface area contributed by atoms with Crippen molar-refractivity contribution < 1.29 is 24.0 Å². The Morgan fingerprint density at radius 1 is 0.900 bits per heavy atom. The second-order valence-corrected chi connectivity index (χ2v) is 9.51. The number of rotatable bonds is 9. The largest absolute Gasteiger partial charge is 0.490 e. The smallest absolute Gasteiger partial charge is 0.468 e. The Labute approximate surface area is 232 Å². The van der Waals surface area contributed by atoms with Gasteiger partial charge in [-0.15, -0.1) is 0 Å². The Morgan fingerprint density at radius 2 is 1.43 bits per heavy atom. The highest BCUT2D eigenvalue weighted by Gasteiger charge is 2.40. The number of ether oxygens (including phenoxy) is 1. The molecule has 0 amide bonds. The molecule has 5 rings (SSSR count). The fourth-order valence-electron chi connectivity index (χ4n) is 5.29. The second-order valence-electron chi connectivity index (χ2n) is 9.51. The molecule has 0 aliphatic rings. The molecule has 0 unspecified atom stereocenters. The topological polar surface area (TPSA) is 91.7 Å². The van der Waals surface area contributed by atoms with Gasteiger partial charge in [-0.1, -0.05) is 103 Å². The highest BCUT2D eigenvalue weighted by atomic mass is 19.1. The van der Waals surface area contributed by atoms with E-state index in [9.17, 15) is 19.2 Å². The summed E-state index contributed by atoms with van der Waals surface area (Å²) < 4.78 is 19.6. The normalized spacial score (nSPS) is 12.2. The summed E-state index contributed by atoms with van der Waals surface area (Å²) in [5.41, 5.74) is 2.78. The maximum Gasteiger partial charge on any atom is 0.490 e. The van der Waals surface area contributed by atoms with Gasteiger partial charge >= 0.3 is 13.1 Å². The molecule has 0 saturated heterocycles. The van der Waals surface area contributed by atoms with Crippen LogP contribution in [0.25, 0.3) is 10.9 Å². The highest BCUT2D eigenvalue weighted by Crippen LogP contribution is 2.37. The Bertz CT molecular complexity index is 1510. The summed E-state index contributed by atoms with van der Waals surface area (Å²) in [6.07, 6.45) is 1.14. The third-order valence-corrected chi connectivity index (χ3v) is 7.14. The van der Waals surface area contributed by atoms with Crippen LogP contribution in [-0.2, 0) is 21.5 Å². The van der Waals surface area contributed by atoms with Gasteiger partial charge in [-0.25, -0.2) is 4.39 Å². The number of nitrogens with one attached hydrogen (secondary N) is 1. The molecule has 200 valence electrons. The summed E-state index contributed by atoms with van der Waals surface area (Å²) in [5, 5.41) is 23.7. The van der Waals surface area contributed by atoms with E-state index in [0.29, 0.717) is 10.9 Å². The number of carbonyl (C=O) groups is 1. The van der Waals surface area contributed by atoms with E-state index < -0.39 is 30.5 Å². The predicted octanol–water partition coefficient (Wildman–Crippen LogP) is 3.72. The summed E-state index contributed by atoms with van der Waals surface area (Å²) >= 11 is 0. The predicted molar refractivity (Wildman–Crippen MR) is 153 cm³/mol. The highest BCUT2D eigenvalue weighted by molar-refractivity contribution is 6.61. The molecule has 0 radical (unpaired) electrons. The third kappa shape index (κ3) is 5.25. The molecule has 1 heterocycles. The molecule has 1 atom stereocenters. The van der Waals surface area contributed by atoms with Gasteiger partial charge in [0, 0.05) is 10.8 Å². The number of carbonyl (C=O) groups excluding carboxylic acids is 1. The van der Waals surface area contributed by atoms with Crippen LogP contribution in [-0.4, -0.2) is 41.3 Å². The molecule has 1 aromatic heterocycles. The van der Waals surface area contributed by atoms with Gasteiger partial charge in [-0.3, -0.25) is 15.1 Å². The summed E-state index contributed by atoms with van der Waals surface area (Å²) in [6, 6.07) is 33.1. The van der Waals surface area contributed by atoms with E-state index in [1.807, 2.05) is 91.0 Å². The minimum atomic E-state index is -1.79. The third-order valence-electron chi connectivity index (χ3n) is 7.14. The minimum Gasteiger partial charge on any atom is -0.468 e. The lowest BCUT2D eigenvalue weighted by Gasteiger charge is -2.39. The van der Waals surface area contributed by atoms with Gasteiger partial charge in [0.2, 0.25) is 0 Å². The van der Waals surface area contributed by atoms with Crippen molar-refractivity contribution in [1.29, 1.82) is 0 Å². The first kappa shape index (κ1) is 27.2. The van der Waals surface area contributed by atoms with Crippen molar-refractivity contribution in [2.75, 3.05) is 7.11 Å². The van der Waals surface area contributed by atoms with Crippen LogP contribution in [0.1, 0.15) is 22.3 Å². The van der Waals surface area contributed by atoms with Crippen molar-refractivity contribution in [3.63, 3.8) is 0 Å². The number of pyridine rings is 1. The van der Waals surface area contributed by atoms with Gasteiger partial charge in [-0.2, -0.15) is 0 Å². The standard InChI is InChI=1S/C32H28BFN2O4/c1-40-31(37)29(19-22-17-18-28(33(38)39)30-27(22)20-26(34)21-35-30)36-32(23-11-5-2-6-12-23,24-13-7-3-8-14-24)25-15-9-4-10-16-25/h2-18,20-21,29,36,38-39H,19H2,1H3/t29-/m0/s1. The van der Waals surface area contributed by atoms with E-state index in [1.165, 1.54) is 19.2 Å². The van der Waals surface area contributed by atoms with Gasteiger partial charge in [0.15, 0.2) is 0 Å². The molecule has 0 aliphatic heterocycles. The second kappa shape index (κ2) is 11.8. The van der Waals surface area contributed by atoms with Crippen molar-refractivity contribution >= 4 is 29.5 Å². The van der Waals surface area contributed by atoms with Crippen LogP contribution in [0.3, 0.4) is 0 Å². The molecule has 0 bridgehead atoms. The summed E-state index contributed by atoms with van der Waals surface area (Å²) in [4.78, 5) is 17.5. The molecule has 0 spiro atoms. The first-order valence-corrected chi connectivity index (χ1v) is 12.9. The van der Waals surface area contributed by atoms with Crippen molar-refractivity contribution in [3.8, 4) is 0 Å². The molecule has 4 aromatic carbocycles. The number of nitrogens with zero attached hydrogens (tertiary/aromatic N) is 1. The first-order valence-electron chi connectivity index (χ1n) is 12.9. The number of methoxy groups -OCH3 is 1. The van der Waals surface area contributed by atoms with Gasteiger partial charge in [0.25, 0.3) is 0 Å². The number of hydrogen-bond acceptors (Lipinski definition) is 6. The van der Waals surface area contributed by atoms with Crippen molar-refractivity contribution in [3.05, 3.63) is 143 Å². The SMILES string of the molecule is COC(=O)[C@H](Cc1ccc(B(O)O)c2ncc(F)cc12)NC(c1ccccc1)(c1ccccc1)c1ccccc1. The molecular weight excluding hydrogens is 506 g/mol. The van der Waals surface area contributed by atoms with Crippen molar-refractivity contribution in [2.24, 2.45) is 0 Å². The van der Waals surface area contributed by atoms with Crippen LogP contribution in [0.4, 0.5) is 4.39 Å². The Balaban J connectivity index is 1.70. The Kier molecular flexibility index (Phi) is 8.02. The van der Waals surface area contributed by atoms with E-state index in [2.05, 4.69) is 10.3 Å². The molecule has 8 heteroatoms. The van der Waals surface area contributed by atoms with E-state index in [1.54, 1.807) is 6.07 Å². The van der Waals surface area contributed by atoms with Crippen LogP contribution >= 0.6 is 0 Å². The first-order chi connectivity index (χ1) is 19.4. The molecular formula is C32H28BFN2O4. The summed E-state index contributed by atoms with van der Waals surface area (Å²) in [7, 11) is -0.456. The van der Waals surface area contributed by atoms with Crippen LogP contribution < -0.4 is 10.8 Å². The number of fused-ring (bicyclic) bond motifs is 1. The Morgan fingerprint density at radius 3 is 1.90 bits per heavy atom. The number of aromatic nitrogens is 1. The van der Waals surface area contributed by atoms with E-state index in [-0.39, 0.29) is 17.4 Å². The van der Waals surface area contributed by atoms with Crippen LogP contribution in [0.2, 0.25) is 0 Å². The van der Waals surface area contributed by atoms with Crippen LogP contribution in [0.5, 0.6) is 0 Å². The van der Waals surface area contributed by atoms with Crippen molar-refractivity contribution in [2.45, 2.75) is 18.0 Å². The summed E-state index contributed by atoms with van der Waals surface area (Å²) in [6.45, 7) is 0. The maximum atomic E-state index is 14.4. The fraction of sp³-hybridized carbons (Fsp3) is 0.125. The lowest BCUT2D eigenvalue weighted by Crippen LogP contribution is -2.53. The molecule has 40 heavy (non-hydrogen) atoms. The van der Waals surface area contributed by atoms with Gasteiger partial charge in [0.1, 0.15) is 11.9 Å². The van der Waals surface area contributed by atoms with Gasteiger partial charge < -0.3 is 14.8 Å². The van der Waals surface area contributed by atoms with Gasteiger partial charge in [-0.05, 0) is 34.7 Å². The minimum absolute atomic E-state index is 0.115. The van der Waals surface area contributed by atoms with E-state index in [4.69, 9.17) is 4.74 Å². The number of halogens is 1. The fourth-order valence-corrected chi connectivity index (χ4v) is 5.29. The molecule has 0 aliphatic carbocycles. The zero-order valence-electron chi connectivity index (χ0n) is 21.9. The zero-order valence-corrected chi connectivity index (χ0v) is 21.9. The monoisotopic (exact) mass is 534 g/mol. The zero-order chi connectivity index (χ0) is 28.1.